The largest absolute Gasteiger partial charge is 0.324 e. The zero-order chi connectivity index (χ0) is 16.6. The summed E-state index contributed by atoms with van der Waals surface area (Å²) in [6.45, 7) is 0. The maximum atomic E-state index is 12.5. The van der Waals surface area contributed by atoms with Gasteiger partial charge in [-0.1, -0.05) is 29.8 Å². The summed E-state index contributed by atoms with van der Waals surface area (Å²) in [5.74, 6) is -0.425. The van der Waals surface area contributed by atoms with Crippen molar-refractivity contribution in [3.05, 3.63) is 53.1 Å². The number of H-pyrrole nitrogens is 1. The molecule has 118 valence electrons. The summed E-state index contributed by atoms with van der Waals surface area (Å²) in [4.78, 5) is 19.5. The molecule has 0 bridgehead atoms. The fourth-order valence-electron chi connectivity index (χ4n) is 2.22. The van der Waals surface area contributed by atoms with Crippen LogP contribution in [0.4, 0.5) is 5.95 Å². The third kappa shape index (κ3) is 3.06. The van der Waals surface area contributed by atoms with Gasteiger partial charge in [0.1, 0.15) is 0 Å². The van der Waals surface area contributed by atoms with Crippen molar-refractivity contribution in [2.24, 2.45) is 0 Å². The maximum Gasteiger partial charge on any atom is 0.260 e. The van der Waals surface area contributed by atoms with Crippen LogP contribution in [0.5, 0.6) is 0 Å². The van der Waals surface area contributed by atoms with Crippen LogP contribution in [-0.2, 0) is 9.84 Å². The number of para-hydroxylation sites is 2. The summed E-state index contributed by atoms with van der Waals surface area (Å²) in [6, 6.07) is 11.6. The predicted molar refractivity (Wildman–Crippen MR) is 88.6 cm³/mol. The molecule has 3 rings (SSSR count). The number of carbonyl (C=O) groups excluding carboxylic acids is 1. The minimum absolute atomic E-state index is 0.0570. The molecule has 0 radical (unpaired) electrons. The lowest BCUT2D eigenvalue weighted by Crippen LogP contribution is -2.17. The number of fused-ring (bicyclic) bond motifs is 1. The van der Waals surface area contributed by atoms with Gasteiger partial charge in [0.05, 0.1) is 26.5 Å². The minimum atomic E-state index is -3.59. The van der Waals surface area contributed by atoms with Crippen LogP contribution in [0.1, 0.15) is 10.4 Å². The number of benzene rings is 2. The van der Waals surface area contributed by atoms with Crippen molar-refractivity contribution in [1.82, 2.24) is 9.97 Å². The van der Waals surface area contributed by atoms with Gasteiger partial charge in [0, 0.05) is 6.26 Å². The summed E-state index contributed by atoms with van der Waals surface area (Å²) >= 11 is 6.02. The molecule has 3 aromatic rings. The summed E-state index contributed by atoms with van der Waals surface area (Å²) < 4.78 is 23.7. The number of anilines is 1. The third-order valence-corrected chi connectivity index (χ3v) is 4.68. The fraction of sp³-hybridized carbons (Fsp3) is 0.0667. The van der Waals surface area contributed by atoms with E-state index in [1.807, 2.05) is 18.2 Å². The Kier molecular flexibility index (Phi) is 3.83. The van der Waals surface area contributed by atoms with E-state index in [2.05, 4.69) is 15.3 Å². The first kappa shape index (κ1) is 15.5. The lowest BCUT2D eigenvalue weighted by atomic mass is 10.2. The topological polar surface area (TPSA) is 91.9 Å². The zero-order valence-corrected chi connectivity index (χ0v) is 13.6. The summed E-state index contributed by atoms with van der Waals surface area (Å²) in [7, 11) is -3.59. The molecule has 8 heteroatoms. The van der Waals surface area contributed by atoms with E-state index in [1.54, 1.807) is 6.07 Å². The number of hydrogen-bond acceptors (Lipinski definition) is 4. The number of sulfone groups is 1. The van der Waals surface area contributed by atoms with Crippen molar-refractivity contribution in [3.63, 3.8) is 0 Å². The maximum absolute atomic E-state index is 12.5. The fourth-order valence-corrected chi connectivity index (χ4v) is 3.43. The standard InChI is InChI=1S/C15H12ClN3O3S/c1-23(21,22)12-8-4-5-9(16)13(12)14(20)19-15-17-10-6-2-3-7-11(10)18-15/h2-8H,1H3,(H2,17,18,19,20). The molecule has 0 saturated carbocycles. The van der Waals surface area contributed by atoms with E-state index < -0.39 is 15.7 Å². The molecule has 0 aliphatic rings. The lowest BCUT2D eigenvalue weighted by molar-refractivity contribution is 0.102. The van der Waals surface area contributed by atoms with Gasteiger partial charge < -0.3 is 4.98 Å². The van der Waals surface area contributed by atoms with Crippen molar-refractivity contribution >= 4 is 44.3 Å². The SMILES string of the molecule is CS(=O)(=O)c1cccc(Cl)c1C(=O)Nc1nc2ccccc2[nH]1. The molecule has 0 unspecified atom stereocenters. The Morgan fingerprint density at radius 3 is 2.61 bits per heavy atom. The van der Waals surface area contributed by atoms with E-state index in [0.29, 0.717) is 5.52 Å². The van der Waals surface area contributed by atoms with E-state index in [9.17, 15) is 13.2 Å². The number of nitrogens with zero attached hydrogens (tertiary/aromatic N) is 1. The number of aromatic nitrogens is 2. The molecule has 0 fully saturated rings. The molecular formula is C15H12ClN3O3S. The molecule has 0 aliphatic heterocycles. The first-order chi connectivity index (χ1) is 10.9. The highest BCUT2D eigenvalue weighted by Gasteiger charge is 2.22. The Morgan fingerprint density at radius 2 is 1.91 bits per heavy atom. The number of halogens is 1. The molecular weight excluding hydrogens is 338 g/mol. The number of nitrogens with one attached hydrogen (secondary N) is 2. The van der Waals surface area contributed by atoms with Gasteiger partial charge in [-0.2, -0.15) is 0 Å². The van der Waals surface area contributed by atoms with Gasteiger partial charge in [-0.15, -0.1) is 0 Å². The summed E-state index contributed by atoms with van der Waals surface area (Å²) in [6.07, 6.45) is 1.02. The Labute approximate surface area is 137 Å². The Bertz CT molecular complexity index is 979. The van der Waals surface area contributed by atoms with Crippen molar-refractivity contribution in [3.8, 4) is 0 Å². The Morgan fingerprint density at radius 1 is 1.17 bits per heavy atom. The van der Waals surface area contributed by atoms with Gasteiger partial charge in [0.2, 0.25) is 5.95 Å². The highest BCUT2D eigenvalue weighted by molar-refractivity contribution is 7.90. The van der Waals surface area contributed by atoms with Crippen molar-refractivity contribution in [2.45, 2.75) is 4.90 Å². The van der Waals surface area contributed by atoms with Crippen LogP contribution in [0.3, 0.4) is 0 Å². The second-order valence-electron chi connectivity index (χ2n) is 4.94. The molecule has 2 aromatic carbocycles. The van der Waals surface area contributed by atoms with Crippen LogP contribution in [0.2, 0.25) is 5.02 Å². The lowest BCUT2D eigenvalue weighted by Gasteiger charge is -2.09. The monoisotopic (exact) mass is 349 g/mol. The van der Waals surface area contributed by atoms with Crippen molar-refractivity contribution in [1.29, 1.82) is 0 Å². The van der Waals surface area contributed by atoms with Gasteiger partial charge in [0.15, 0.2) is 9.84 Å². The highest BCUT2D eigenvalue weighted by atomic mass is 35.5. The van der Waals surface area contributed by atoms with Crippen LogP contribution >= 0.6 is 11.6 Å². The third-order valence-electron chi connectivity index (χ3n) is 3.22. The number of hydrogen-bond donors (Lipinski definition) is 2. The molecule has 0 atom stereocenters. The number of imidazole rings is 1. The minimum Gasteiger partial charge on any atom is -0.324 e. The van der Waals surface area contributed by atoms with Crippen LogP contribution < -0.4 is 5.32 Å². The van der Waals surface area contributed by atoms with Crippen LogP contribution in [0, 0.1) is 0 Å². The van der Waals surface area contributed by atoms with Crippen LogP contribution in [0.25, 0.3) is 11.0 Å². The first-order valence-electron chi connectivity index (χ1n) is 6.61. The molecule has 0 spiro atoms. The molecule has 0 aliphatic carbocycles. The molecule has 1 aromatic heterocycles. The average molecular weight is 350 g/mol. The van der Waals surface area contributed by atoms with E-state index >= 15 is 0 Å². The van der Waals surface area contributed by atoms with Crippen molar-refractivity contribution < 1.29 is 13.2 Å². The van der Waals surface area contributed by atoms with Crippen LogP contribution in [0.15, 0.2) is 47.4 Å². The number of amides is 1. The van der Waals surface area contributed by atoms with Gasteiger partial charge in [0.25, 0.3) is 5.91 Å². The van der Waals surface area contributed by atoms with Gasteiger partial charge in [-0.25, -0.2) is 13.4 Å². The highest BCUT2D eigenvalue weighted by Crippen LogP contribution is 2.25. The molecule has 1 heterocycles. The summed E-state index contributed by atoms with van der Waals surface area (Å²) in [5.41, 5.74) is 1.34. The van der Waals surface area contributed by atoms with E-state index in [0.717, 1.165) is 11.8 Å². The quantitative estimate of drug-likeness (QED) is 0.760. The predicted octanol–water partition coefficient (Wildman–Crippen LogP) is 2.87. The van der Waals surface area contributed by atoms with Crippen LogP contribution in [-0.4, -0.2) is 30.5 Å². The van der Waals surface area contributed by atoms with E-state index in [-0.39, 0.29) is 21.4 Å². The number of carbonyl (C=O) groups is 1. The second-order valence-corrected chi connectivity index (χ2v) is 7.33. The molecule has 2 N–H and O–H groups in total. The molecule has 23 heavy (non-hydrogen) atoms. The van der Waals surface area contributed by atoms with Gasteiger partial charge in [-0.3, -0.25) is 10.1 Å². The molecule has 6 nitrogen and oxygen atoms in total. The van der Waals surface area contributed by atoms with E-state index in [4.69, 9.17) is 11.6 Å². The molecule has 0 saturated heterocycles. The summed E-state index contributed by atoms with van der Waals surface area (Å²) in [5, 5.41) is 2.60. The molecule has 1 amide bonds. The number of rotatable bonds is 3. The smallest absolute Gasteiger partial charge is 0.260 e. The Hall–Kier alpha value is -2.38. The Balaban J connectivity index is 2.01. The van der Waals surface area contributed by atoms with Gasteiger partial charge in [-0.05, 0) is 24.3 Å². The average Bonchev–Trinajstić information content (AvgIpc) is 2.87. The van der Waals surface area contributed by atoms with E-state index in [1.165, 1.54) is 18.2 Å². The number of aromatic amines is 1. The second kappa shape index (κ2) is 5.68. The zero-order valence-electron chi connectivity index (χ0n) is 12.0. The van der Waals surface area contributed by atoms with Gasteiger partial charge >= 0.3 is 0 Å². The van der Waals surface area contributed by atoms with Crippen molar-refractivity contribution in [2.75, 3.05) is 11.6 Å². The first-order valence-corrected chi connectivity index (χ1v) is 8.88. The normalized spacial score (nSPS) is 11.6.